The molecule has 0 aliphatic rings. The van der Waals surface area contributed by atoms with Crippen molar-refractivity contribution in [2.45, 2.75) is 18.4 Å². The zero-order chi connectivity index (χ0) is 24.8. The average Bonchev–Trinajstić information content (AvgIpc) is 3.20. The predicted molar refractivity (Wildman–Crippen MR) is 140 cm³/mol. The van der Waals surface area contributed by atoms with Crippen molar-refractivity contribution < 1.29 is 18.6 Å². The van der Waals surface area contributed by atoms with Gasteiger partial charge in [-0.15, -0.1) is 11.8 Å². The van der Waals surface area contributed by atoms with E-state index in [0.717, 1.165) is 11.1 Å². The molecular weight excluding hydrogens is 487 g/mol. The minimum atomic E-state index is -0.519. The molecule has 0 spiro atoms. The Morgan fingerprint density at radius 1 is 1.00 bits per heavy atom. The maximum Gasteiger partial charge on any atom is 0.249 e. The summed E-state index contributed by atoms with van der Waals surface area (Å²) in [7, 11) is 1.57. The van der Waals surface area contributed by atoms with Crippen LogP contribution in [0.2, 0.25) is 5.02 Å². The van der Waals surface area contributed by atoms with Gasteiger partial charge in [0.05, 0.1) is 25.3 Å². The van der Waals surface area contributed by atoms with Gasteiger partial charge >= 0.3 is 0 Å². The summed E-state index contributed by atoms with van der Waals surface area (Å²) in [6, 6.07) is 21.0. The van der Waals surface area contributed by atoms with Crippen LogP contribution in [-0.2, 0) is 6.54 Å². The summed E-state index contributed by atoms with van der Waals surface area (Å²) in [4.78, 5) is 1.17. The quantitative estimate of drug-likeness (QED) is 0.210. The van der Waals surface area contributed by atoms with Gasteiger partial charge in [0.15, 0.2) is 0 Å². The standard InChI is InChI=1S/C27H26ClFN2O3S/c1-4-33-27-25(29)26(19-8-7-9-20(16-19)32-2)30-31(27)14-15-34-23-13-12-18(17-22(23)28)21-10-5-6-11-24(21)35-3/h5-13,16-17H,4,14-15H2,1-3H3. The Hall–Kier alpha value is -3.16. The number of halogens is 2. The minimum Gasteiger partial charge on any atom is -0.497 e. The first-order chi connectivity index (χ1) is 17.0. The fourth-order valence-electron chi connectivity index (χ4n) is 3.72. The van der Waals surface area contributed by atoms with Gasteiger partial charge < -0.3 is 14.2 Å². The molecule has 0 aliphatic heterocycles. The molecule has 0 saturated heterocycles. The SMILES string of the molecule is CCOc1c(F)c(-c2cccc(OC)c2)nn1CCOc1ccc(-c2ccccc2SC)cc1Cl. The van der Waals surface area contributed by atoms with Gasteiger partial charge in [0.2, 0.25) is 11.7 Å². The van der Waals surface area contributed by atoms with Crippen LogP contribution >= 0.6 is 23.4 Å². The minimum absolute atomic E-state index is 0.0732. The Labute approximate surface area is 213 Å². The summed E-state index contributed by atoms with van der Waals surface area (Å²) >= 11 is 8.21. The molecule has 4 rings (SSSR count). The largest absolute Gasteiger partial charge is 0.497 e. The molecule has 8 heteroatoms. The van der Waals surface area contributed by atoms with Crippen LogP contribution in [0.15, 0.2) is 71.6 Å². The molecule has 1 aromatic heterocycles. The van der Waals surface area contributed by atoms with Gasteiger partial charge in [-0.05, 0) is 54.6 Å². The molecule has 5 nitrogen and oxygen atoms in total. The van der Waals surface area contributed by atoms with Gasteiger partial charge in [-0.1, -0.05) is 48.0 Å². The Morgan fingerprint density at radius 2 is 1.83 bits per heavy atom. The lowest BCUT2D eigenvalue weighted by Gasteiger charge is -2.12. The van der Waals surface area contributed by atoms with Gasteiger partial charge in [-0.25, -0.2) is 4.68 Å². The van der Waals surface area contributed by atoms with E-state index in [0.29, 0.717) is 28.7 Å². The van der Waals surface area contributed by atoms with Crippen LogP contribution in [0.1, 0.15) is 6.92 Å². The molecule has 0 aliphatic carbocycles. The van der Waals surface area contributed by atoms with Crippen molar-refractivity contribution in [1.29, 1.82) is 0 Å². The maximum absolute atomic E-state index is 15.2. The summed E-state index contributed by atoms with van der Waals surface area (Å²) in [6.45, 7) is 2.63. The number of ether oxygens (including phenoxy) is 3. The fourth-order valence-corrected chi connectivity index (χ4v) is 4.57. The third kappa shape index (κ3) is 5.57. The zero-order valence-corrected chi connectivity index (χ0v) is 21.3. The maximum atomic E-state index is 15.2. The lowest BCUT2D eigenvalue weighted by atomic mass is 10.1. The summed E-state index contributed by atoms with van der Waals surface area (Å²) in [5, 5.41) is 4.95. The summed E-state index contributed by atoms with van der Waals surface area (Å²) in [6.07, 6.45) is 2.05. The second-order valence-electron chi connectivity index (χ2n) is 7.55. The third-order valence-electron chi connectivity index (χ3n) is 5.39. The molecule has 0 atom stereocenters. The van der Waals surface area contributed by atoms with Crippen LogP contribution in [0.5, 0.6) is 17.4 Å². The van der Waals surface area contributed by atoms with Crippen molar-refractivity contribution in [3.8, 4) is 39.8 Å². The lowest BCUT2D eigenvalue weighted by molar-refractivity contribution is 0.253. The van der Waals surface area contributed by atoms with Crippen LogP contribution in [0, 0.1) is 5.82 Å². The van der Waals surface area contributed by atoms with Crippen molar-refractivity contribution in [3.05, 3.63) is 77.6 Å². The Bertz CT molecular complexity index is 1310. The molecule has 0 amide bonds. The Balaban J connectivity index is 1.51. The van der Waals surface area contributed by atoms with Crippen molar-refractivity contribution in [2.75, 3.05) is 26.6 Å². The molecule has 0 unspecified atom stereocenters. The molecule has 0 bridgehead atoms. The average molecular weight is 513 g/mol. The van der Waals surface area contributed by atoms with Gasteiger partial charge in [0.25, 0.3) is 0 Å². The molecule has 35 heavy (non-hydrogen) atoms. The van der Waals surface area contributed by atoms with Crippen LogP contribution in [0.4, 0.5) is 4.39 Å². The molecule has 3 aromatic carbocycles. The number of hydrogen-bond acceptors (Lipinski definition) is 5. The molecule has 1 heterocycles. The van der Waals surface area contributed by atoms with Crippen molar-refractivity contribution in [2.24, 2.45) is 0 Å². The smallest absolute Gasteiger partial charge is 0.249 e. The van der Waals surface area contributed by atoms with E-state index in [2.05, 4.69) is 17.2 Å². The molecule has 182 valence electrons. The highest BCUT2D eigenvalue weighted by molar-refractivity contribution is 7.98. The Kier molecular flexibility index (Phi) is 8.21. The van der Waals surface area contributed by atoms with Crippen molar-refractivity contribution in [1.82, 2.24) is 9.78 Å². The van der Waals surface area contributed by atoms with Gasteiger partial charge in [-0.3, -0.25) is 0 Å². The highest BCUT2D eigenvalue weighted by Gasteiger charge is 2.21. The third-order valence-corrected chi connectivity index (χ3v) is 6.48. The van der Waals surface area contributed by atoms with E-state index in [4.69, 9.17) is 25.8 Å². The van der Waals surface area contributed by atoms with Crippen molar-refractivity contribution >= 4 is 23.4 Å². The lowest BCUT2D eigenvalue weighted by Crippen LogP contribution is -2.12. The first kappa shape index (κ1) is 24.9. The van der Waals surface area contributed by atoms with E-state index in [1.165, 1.54) is 9.58 Å². The number of thioether (sulfide) groups is 1. The van der Waals surface area contributed by atoms with E-state index in [-0.39, 0.29) is 24.7 Å². The summed E-state index contributed by atoms with van der Waals surface area (Å²) in [5.74, 6) is 0.727. The number of rotatable bonds is 10. The van der Waals surface area contributed by atoms with Crippen molar-refractivity contribution in [3.63, 3.8) is 0 Å². The van der Waals surface area contributed by atoms with E-state index in [1.807, 2.05) is 36.6 Å². The van der Waals surface area contributed by atoms with E-state index in [9.17, 15) is 0 Å². The molecular formula is C27H26ClFN2O3S. The number of methoxy groups -OCH3 is 1. The van der Waals surface area contributed by atoms with Crippen LogP contribution in [-0.4, -0.2) is 36.4 Å². The second-order valence-corrected chi connectivity index (χ2v) is 8.81. The van der Waals surface area contributed by atoms with E-state index < -0.39 is 5.82 Å². The van der Waals surface area contributed by atoms with Gasteiger partial charge in [0.1, 0.15) is 23.8 Å². The predicted octanol–water partition coefficient (Wildman–Crippen LogP) is 7.22. The van der Waals surface area contributed by atoms with Gasteiger partial charge in [-0.2, -0.15) is 9.49 Å². The first-order valence-electron chi connectivity index (χ1n) is 11.1. The molecule has 4 aromatic rings. The van der Waals surface area contributed by atoms with Crippen LogP contribution in [0.3, 0.4) is 0 Å². The molecule has 0 radical (unpaired) electrons. The normalized spacial score (nSPS) is 10.9. The highest BCUT2D eigenvalue weighted by Crippen LogP contribution is 2.35. The second kappa shape index (κ2) is 11.5. The van der Waals surface area contributed by atoms with Gasteiger partial charge in [0, 0.05) is 10.5 Å². The van der Waals surface area contributed by atoms with Crippen LogP contribution in [0.25, 0.3) is 22.4 Å². The number of aromatic nitrogens is 2. The summed E-state index contributed by atoms with van der Waals surface area (Å²) in [5.41, 5.74) is 2.93. The molecule has 0 N–H and O–H groups in total. The number of hydrogen-bond donors (Lipinski definition) is 0. The highest BCUT2D eigenvalue weighted by atomic mass is 35.5. The molecule has 0 fully saturated rings. The Morgan fingerprint density at radius 3 is 2.57 bits per heavy atom. The number of nitrogens with zero attached hydrogens (tertiary/aromatic N) is 2. The van der Waals surface area contributed by atoms with E-state index in [1.54, 1.807) is 50.1 Å². The fraction of sp³-hybridized carbons (Fsp3) is 0.222. The van der Waals surface area contributed by atoms with E-state index >= 15 is 4.39 Å². The summed E-state index contributed by atoms with van der Waals surface area (Å²) < 4.78 is 33.4. The monoisotopic (exact) mass is 512 g/mol. The zero-order valence-electron chi connectivity index (χ0n) is 19.8. The number of benzene rings is 3. The topological polar surface area (TPSA) is 45.5 Å². The van der Waals surface area contributed by atoms with Crippen LogP contribution < -0.4 is 14.2 Å². The first-order valence-corrected chi connectivity index (χ1v) is 12.7. The molecule has 0 saturated carbocycles.